The summed E-state index contributed by atoms with van der Waals surface area (Å²) in [6, 6.07) is 5.44. The second-order valence-corrected chi connectivity index (χ2v) is 6.99. The molecule has 8 heteroatoms. The number of non-ortho nitro benzene ring substituents is 1. The number of benzene rings is 1. The molecule has 0 aliphatic rings. The molecule has 1 atom stereocenters. The van der Waals surface area contributed by atoms with Crippen LogP contribution in [-0.2, 0) is 19.2 Å². The lowest BCUT2D eigenvalue weighted by molar-refractivity contribution is -0.384. The first-order valence-electron chi connectivity index (χ1n) is 7.26. The highest BCUT2D eigenvalue weighted by atomic mass is 31.2. The van der Waals surface area contributed by atoms with Crippen molar-refractivity contribution in [3.8, 4) is 0 Å². The van der Waals surface area contributed by atoms with Crippen LogP contribution in [0.5, 0.6) is 0 Å². The normalized spacial score (nSPS) is 14.2. The standard InChI is InChI=1S/C15H22NO6P/c1-4-11-15(17,12-23(20,21-5-2)22-6-3)13-7-9-14(10-8-13)16(18)19/h4,7-10,17H,1,5-6,11-12H2,2-3H3. The number of rotatable bonds is 10. The summed E-state index contributed by atoms with van der Waals surface area (Å²) >= 11 is 0. The van der Waals surface area contributed by atoms with E-state index in [1.54, 1.807) is 13.8 Å². The highest BCUT2D eigenvalue weighted by Gasteiger charge is 2.39. The first-order valence-corrected chi connectivity index (χ1v) is 8.99. The van der Waals surface area contributed by atoms with Gasteiger partial charge in [0.1, 0.15) is 5.60 Å². The molecule has 7 nitrogen and oxygen atoms in total. The van der Waals surface area contributed by atoms with Crippen LogP contribution in [0.25, 0.3) is 0 Å². The molecule has 0 bridgehead atoms. The molecule has 0 heterocycles. The zero-order valence-corrected chi connectivity index (χ0v) is 14.2. The maximum atomic E-state index is 12.7. The summed E-state index contributed by atoms with van der Waals surface area (Å²) in [5.41, 5.74) is -1.24. The van der Waals surface area contributed by atoms with Crippen molar-refractivity contribution in [1.82, 2.24) is 0 Å². The van der Waals surface area contributed by atoms with Crippen molar-refractivity contribution >= 4 is 13.3 Å². The Bertz CT molecular complexity index is 578. The molecule has 23 heavy (non-hydrogen) atoms. The average molecular weight is 343 g/mol. The van der Waals surface area contributed by atoms with Crippen LogP contribution in [0, 0.1) is 10.1 Å². The van der Waals surface area contributed by atoms with Gasteiger partial charge in [0.15, 0.2) is 0 Å². The van der Waals surface area contributed by atoms with Crippen molar-refractivity contribution in [3.63, 3.8) is 0 Å². The van der Waals surface area contributed by atoms with Crippen molar-refractivity contribution < 1.29 is 23.6 Å². The Morgan fingerprint density at radius 3 is 2.22 bits per heavy atom. The molecule has 1 aromatic carbocycles. The molecule has 0 aliphatic carbocycles. The van der Waals surface area contributed by atoms with Gasteiger partial charge in [-0.25, -0.2) is 0 Å². The quantitative estimate of drug-likeness (QED) is 0.301. The van der Waals surface area contributed by atoms with E-state index in [0.717, 1.165) is 0 Å². The summed E-state index contributed by atoms with van der Waals surface area (Å²) in [4.78, 5) is 10.2. The van der Waals surface area contributed by atoms with Gasteiger partial charge >= 0.3 is 7.60 Å². The fraction of sp³-hybridized carbons (Fsp3) is 0.467. The smallest absolute Gasteiger partial charge is 0.333 e. The van der Waals surface area contributed by atoms with Gasteiger partial charge in [-0.05, 0) is 38.0 Å². The summed E-state index contributed by atoms with van der Waals surface area (Å²) in [6.07, 6.45) is 1.34. The Labute approximate surface area is 135 Å². The number of aliphatic hydroxyl groups is 1. The minimum Gasteiger partial charge on any atom is -0.384 e. The maximum absolute atomic E-state index is 12.7. The Morgan fingerprint density at radius 2 is 1.83 bits per heavy atom. The molecule has 0 spiro atoms. The molecule has 0 aromatic heterocycles. The van der Waals surface area contributed by atoms with Crippen molar-refractivity contribution in [3.05, 3.63) is 52.6 Å². The molecule has 0 saturated carbocycles. The van der Waals surface area contributed by atoms with Crippen LogP contribution in [-0.4, -0.2) is 29.4 Å². The van der Waals surface area contributed by atoms with E-state index in [2.05, 4.69) is 6.58 Å². The summed E-state index contributed by atoms with van der Waals surface area (Å²) in [7, 11) is -3.50. The second kappa shape index (κ2) is 8.36. The van der Waals surface area contributed by atoms with Crippen LogP contribution in [0.15, 0.2) is 36.9 Å². The number of nitrogens with zero attached hydrogens (tertiary/aromatic N) is 1. The molecule has 0 saturated heterocycles. The molecule has 0 amide bonds. The Morgan fingerprint density at radius 1 is 1.30 bits per heavy atom. The summed E-state index contributed by atoms with van der Waals surface area (Å²) in [5.74, 6) is 0. The van der Waals surface area contributed by atoms with Gasteiger partial charge in [-0.2, -0.15) is 0 Å². The molecule has 0 aliphatic heterocycles. The minimum atomic E-state index is -3.50. The Hall–Kier alpha value is -1.53. The topological polar surface area (TPSA) is 98.9 Å². The van der Waals surface area contributed by atoms with E-state index in [-0.39, 0.29) is 31.5 Å². The summed E-state index contributed by atoms with van der Waals surface area (Å²) < 4.78 is 23.2. The average Bonchev–Trinajstić information content (AvgIpc) is 2.47. The molecule has 0 fully saturated rings. The molecule has 1 rings (SSSR count). The van der Waals surface area contributed by atoms with Crippen LogP contribution in [0.4, 0.5) is 5.69 Å². The van der Waals surface area contributed by atoms with Crippen LogP contribution in [0.1, 0.15) is 25.8 Å². The lowest BCUT2D eigenvalue weighted by Gasteiger charge is -2.30. The third kappa shape index (κ3) is 5.25. The predicted molar refractivity (Wildman–Crippen MR) is 87.5 cm³/mol. The maximum Gasteiger partial charge on any atom is 0.333 e. The van der Waals surface area contributed by atoms with E-state index in [9.17, 15) is 19.8 Å². The highest BCUT2D eigenvalue weighted by molar-refractivity contribution is 7.53. The first-order chi connectivity index (χ1) is 10.8. The monoisotopic (exact) mass is 343 g/mol. The van der Waals surface area contributed by atoms with Gasteiger partial charge in [-0.1, -0.05) is 6.08 Å². The Balaban J connectivity index is 3.17. The van der Waals surface area contributed by atoms with E-state index >= 15 is 0 Å². The summed E-state index contributed by atoms with van der Waals surface area (Å²) in [5, 5.41) is 21.7. The molecular formula is C15H22NO6P. The van der Waals surface area contributed by atoms with Crippen LogP contribution in [0.3, 0.4) is 0 Å². The summed E-state index contributed by atoms with van der Waals surface area (Å²) in [6.45, 7) is 7.33. The van der Waals surface area contributed by atoms with Gasteiger partial charge in [0.05, 0.1) is 24.3 Å². The number of nitro benzene ring substituents is 1. The van der Waals surface area contributed by atoms with Gasteiger partial charge in [0.25, 0.3) is 5.69 Å². The van der Waals surface area contributed by atoms with Gasteiger partial charge in [-0.15, -0.1) is 6.58 Å². The fourth-order valence-corrected chi connectivity index (χ4v) is 4.24. The van der Waals surface area contributed by atoms with Crippen LogP contribution >= 0.6 is 7.60 Å². The SMILES string of the molecule is C=CCC(O)(CP(=O)(OCC)OCC)c1ccc([N+](=O)[O-])cc1. The van der Waals surface area contributed by atoms with E-state index in [0.29, 0.717) is 5.56 Å². The second-order valence-electron chi connectivity index (χ2n) is 4.93. The third-order valence-corrected chi connectivity index (χ3v) is 5.42. The van der Waals surface area contributed by atoms with Gasteiger partial charge < -0.3 is 14.2 Å². The number of hydrogen-bond acceptors (Lipinski definition) is 6. The first kappa shape index (κ1) is 19.5. The molecule has 1 unspecified atom stereocenters. The van der Waals surface area contributed by atoms with E-state index < -0.39 is 18.1 Å². The third-order valence-electron chi connectivity index (χ3n) is 3.20. The van der Waals surface area contributed by atoms with Crippen LogP contribution < -0.4 is 0 Å². The molecule has 128 valence electrons. The van der Waals surface area contributed by atoms with E-state index in [1.165, 1.54) is 30.3 Å². The molecule has 1 N–H and O–H groups in total. The van der Waals surface area contributed by atoms with Gasteiger partial charge in [-0.3, -0.25) is 14.7 Å². The highest BCUT2D eigenvalue weighted by Crippen LogP contribution is 2.53. The fourth-order valence-electron chi connectivity index (χ4n) is 2.25. The molecule has 1 aromatic rings. The lowest BCUT2D eigenvalue weighted by Crippen LogP contribution is -2.30. The molecule has 0 radical (unpaired) electrons. The Kier molecular flexibility index (Phi) is 7.09. The minimum absolute atomic E-state index is 0.0903. The molecular weight excluding hydrogens is 321 g/mol. The number of nitro groups is 1. The zero-order chi connectivity index (χ0) is 17.5. The van der Waals surface area contributed by atoms with E-state index in [4.69, 9.17) is 9.05 Å². The number of hydrogen-bond donors (Lipinski definition) is 1. The zero-order valence-electron chi connectivity index (χ0n) is 13.3. The van der Waals surface area contributed by atoms with E-state index in [1.807, 2.05) is 0 Å². The van der Waals surface area contributed by atoms with Crippen molar-refractivity contribution in [2.75, 3.05) is 19.4 Å². The van der Waals surface area contributed by atoms with Crippen molar-refractivity contribution in [2.45, 2.75) is 25.9 Å². The predicted octanol–water partition coefficient (Wildman–Crippen LogP) is 3.62. The van der Waals surface area contributed by atoms with Crippen molar-refractivity contribution in [2.24, 2.45) is 0 Å². The van der Waals surface area contributed by atoms with Gasteiger partial charge in [0.2, 0.25) is 0 Å². The largest absolute Gasteiger partial charge is 0.384 e. The van der Waals surface area contributed by atoms with Crippen molar-refractivity contribution in [1.29, 1.82) is 0 Å². The lowest BCUT2D eigenvalue weighted by atomic mass is 9.92. The van der Waals surface area contributed by atoms with Crippen LogP contribution in [0.2, 0.25) is 0 Å². The van der Waals surface area contributed by atoms with Gasteiger partial charge in [0, 0.05) is 12.1 Å².